The molecule has 108 valence electrons. The molecule has 0 unspecified atom stereocenters. The number of hydrogen-bond acceptors (Lipinski definition) is 3. The number of nitrogens with one attached hydrogen (secondary N) is 1. The van der Waals surface area contributed by atoms with Crippen molar-refractivity contribution in [2.24, 2.45) is 5.14 Å². The van der Waals surface area contributed by atoms with Gasteiger partial charge in [0.1, 0.15) is 0 Å². The lowest BCUT2D eigenvalue weighted by Crippen LogP contribution is -2.15. The van der Waals surface area contributed by atoms with E-state index in [-0.39, 0.29) is 10.8 Å². The van der Waals surface area contributed by atoms with Crippen LogP contribution in [0.5, 0.6) is 0 Å². The second-order valence-corrected chi connectivity index (χ2v) is 5.89. The zero-order valence-corrected chi connectivity index (χ0v) is 12.5. The van der Waals surface area contributed by atoms with Gasteiger partial charge in [0.2, 0.25) is 15.9 Å². The predicted molar refractivity (Wildman–Crippen MR) is 79.9 cm³/mol. The Bertz CT molecular complexity index is 674. The van der Waals surface area contributed by atoms with E-state index in [0.717, 1.165) is 11.1 Å². The van der Waals surface area contributed by atoms with E-state index >= 15 is 0 Å². The van der Waals surface area contributed by atoms with Gasteiger partial charge in [0.25, 0.3) is 0 Å². The molecule has 1 aromatic carbocycles. The topological polar surface area (TPSA) is 89.3 Å². The molecule has 1 amide bonds. The highest BCUT2D eigenvalue weighted by Gasteiger charge is 2.13. The maximum Gasteiger partial charge on any atom is 0.248 e. The number of rotatable bonds is 4. The van der Waals surface area contributed by atoms with E-state index in [0.29, 0.717) is 5.69 Å². The number of aryl methyl sites for hydroxylation is 1. The molecule has 0 fully saturated rings. The van der Waals surface area contributed by atoms with Crippen molar-refractivity contribution in [3.05, 3.63) is 47.6 Å². The summed E-state index contributed by atoms with van der Waals surface area (Å²) in [7, 11) is -3.80. The normalized spacial score (nSPS) is 12.2. The van der Waals surface area contributed by atoms with Crippen molar-refractivity contribution in [1.29, 1.82) is 0 Å². The van der Waals surface area contributed by atoms with Crippen LogP contribution in [0.1, 0.15) is 18.1 Å². The first-order valence-corrected chi connectivity index (χ1v) is 7.54. The number of allylic oxidation sites excluding steroid dienone is 3. The smallest absolute Gasteiger partial charge is 0.248 e. The van der Waals surface area contributed by atoms with Crippen molar-refractivity contribution in [3.63, 3.8) is 0 Å². The summed E-state index contributed by atoms with van der Waals surface area (Å²) in [6.07, 6.45) is 6.47. The molecule has 1 rings (SSSR count). The third kappa shape index (κ3) is 4.32. The number of primary sulfonamides is 1. The fourth-order valence-electron chi connectivity index (χ4n) is 1.55. The first-order valence-electron chi connectivity index (χ1n) is 6.00. The summed E-state index contributed by atoms with van der Waals surface area (Å²) in [5.74, 6) is -0.336. The molecule has 0 aliphatic carbocycles. The van der Waals surface area contributed by atoms with Gasteiger partial charge in [-0.2, -0.15) is 0 Å². The Morgan fingerprint density at radius 2 is 1.90 bits per heavy atom. The van der Waals surface area contributed by atoms with Gasteiger partial charge in [0.15, 0.2) is 0 Å². The minimum atomic E-state index is -3.80. The molecule has 0 bridgehead atoms. The van der Waals surface area contributed by atoms with Gasteiger partial charge in [-0.3, -0.25) is 4.79 Å². The second-order valence-electron chi connectivity index (χ2n) is 4.33. The molecule has 0 saturated heterocycles. The molecule has 20 heavy (non-hydrogen) atoms. The number of carbonyl (C=O) groups is 1. The van der Waals surface area contributed by atoms with Gasteiger partial charge in [-0.15, -0.1) is 0 Å². The molecule has 0 saturated carbocycles. The molecular formula is C14H18N2O3S. The number of anilines is 1. The molecule has 0 aromatic heterocycles. The van der Waals surface area contributed by atoms with Gasteiger partial charge in [-0.25, -0.2) is 13.6 Å². The van der Waals surface area contributed by atoms with Gasteiger partial charge in [0, 0.05) is 11.8 Å². The van der Waals surface area contributed by atoms with Crippen LogP contribution in [-0.4, -0.2) is 14.3 Å². The molecule has 0 spiro atoms. The lowest BCUT2D eigenvalue weighted by Gasteiger charge is -2.11. The Labute approximate surface area is 119 Å². The number of sulfonamides is 1. The second kappa shape index (κ2) is 6.49. The van der Waals surface area contributed by atoms with Crippen LogP contribution in [0.4, 0.5) is 5.69 Å². The Balaban J connectivity index is 3.12. The molecule has 5 nitrogen and oxygen atoms in total. The van der Waals surface area contributed by atoms with Gasteiger partial charge >= 0.3 is 0 Å². The number of benzene rings is 1. The molecule has 0 heterocycles. The van der Waals surface area contributed by atoms with E-state index in [1.54, 1.807) is 32.1 Å². The number of carbonyl (C=O) groups excluding carboxylic acids is 1. The lowest BCUT2D eigenvalue weighted by molar-refractivity contribution is -0.111. The third-order valence-corrected chi connectivity index (χ3v) is 3.67. The molecular weight excluding hydrogens is 276 g/mol. The lowest BCUT2D eigenvalue weighted by atomic mass is 10.1. The minimum absolute atomic E-state index is 0.0201. The van der Waals surface area contributed by atoms with Crippen LogP contribution in [0, 0.1) is 13.8 Å². The number of nitrogens with two attached hydrogens (primary N) is 1. The molecule has 0 atom stereocenters. The fourth-order valence-corrected chi connectivity index (χ4v) is 2.17. The van der Waals surface area contributed by atoms with Crippen LogP contribution in [0.15, 0.2) is 41.3 Å². The summed E-state index contributed by atoms with van der Waals surface area (Å²) in [5.41, 5.74) is 1.97. The number of amides is 1. The molecule has 1 aromatic rings. The van der Waals surface area contributed by atoms with E-state index < -0.39 is 10.0 Å². The summed E-state index contributed by atoms with van der Waals surface area (Å²) >= 11 is 0. The summed E-state index contributed by atoms with van der Waals surface area (Å²) in [6, 6.07) is 2.84. The van der Waals surface area contributed by atoms with E-state index in [1.165, 1.54) is 18.2 Å². The Hall–Kier alpha value is -1.92. The van der Waals surface area contributed by atoms with Crippen LogP contribution in [0.25, 0.3) is 0 Å². The van der Waals surface area contributed by atoms with Crippen molar-refractivity contribution >= 4 is 21.6 Å². The summed E-state index contributed by atoms with van der Waals surface area (Å²) in [5, 5.41) is 7.75. The summed E-state index contributed by atoms with van der Waals surface area (Å²) in [4.78, 5) is 11.7. The predicted octanol–water partition coefficient (Wildman–Crippen LogP) is 2.02. The van der Waals surface area contributed by atoms with Crippen LogP contribution in [-0.2, 0) is 14.8 Å². The molecule has 0 aliphatic rings. The maximum absolute atomic E-state index is 11.7. The van der Waals surface area contributed by atoms with E-state index in [9.17, 15) is 13.2 Å². The zero-order valence-electron chi connectivity index (χ0n) is 11.7. The van der Waals surface area contributed by atoms with Crippen LogP contribution in [0.2, 0.25) is 0 Å². The van der Waals surface area contributed by atoms with Crippen molar-refractivity contribution in [1.82, 2.24) is 0 Å². The van der Waals surface area contributed by atoms with Gasteiger partial charge in [-0.1, -0.05) is 18.2 Å². The molecule has 6 heteroatoms. The third-order valence-electron chi connectivity index (χ3n) is 2.78. The van der Waals surface area contributed by atoms with Crippen molar-refractivity contribution in [2.75, 3.05) is 5.32 Å². The average molecular weight is 294 g/mol. The highest BCUT2D eigenvalue weighted by molar-refractivity contribution is 7.89. The van der Waals surface area contributed by atoms with Gasteiger partial charge in [0.05, 0.1) is 4.90 Å². The van der Waals surface area contributed by atoms with Gasteiger partial charge < -0.3 is 5.32 Å². The Kier molecular flexibility index (Phi) is 5.24. The van der Waals surface area contributed by atoms with Crippen molar-refractivity contribution in [3.8, 4) is 0 Å². The van der Waals surface area contributed by atoms with E-state index in [2.05, 4.69) is 5.32 Å². The monoisotopic (exact) mass is 294 g/mol. The first-order chi connectivity index (χ1) is 9.25. The fraction of sp³-hybridized carbons (Fsp3) is 0.214. The van der Waals surface area contributed by atoms with Crippen LogP contribution >= 0.6 is 0 Å². The van der Waals surface area contributed by atoms with E-state index in [1.807, 2.05) is 6.92 Å². The standard InChI is InChI=1S/C14H18N2O3S/c1-4-5-6-7-14(17)16-13-9-12(20(15,18)19)8-10(2)11(13)3/h4-9H,1-3H3,(H,16,17)(H2,15,18,19). The Morgan fingerprint density at radius 3 is 2.45 bits per heavy atom. The summed E-state index contributed by atoms with van der Waals surface area (Å²) < 4.78 is 22.8. The molecule has 3 N–H and O–H groups in total. The Morgan fingerprint density at radius 1 is 1.25 bits per heavy atom. The maximum atomic E-state index is 11.7. The molecule has 0 radical (unpaired) electrons. The van der Waals surface area contributed by atoms with Crippen LogP contribution in [0.3, 0.4) is 0 Å². The SMILES string of the molecule is CC=CC=CC(=O)Nc1cc(S(N)(=O)=O)cc(C)c1C. The van der Waals surface area contributed by atoms with E-state index in [4.69, 9.17) is 5.14 Å². The molecule has 0 aliphatic heterocycles. The number of hydrogen-bond donors (Lipinski definition) is 2. The quantitative estimate of drug-likeness (QED) is 0.657. The largest absolute Gasteiger partial charge is 0.322 e. The highest BCUT2D eigenvalue weighted by Crippen LogP contribution is 2.23. The minimum Gasteiger partial charge on any atom is -0.322 e. The van der Waals surface area contributed by atoms with Crippen molar-refractivity contribution < 1.29 is 13.2 Å². The first kappa shape index (κ1) is 16.1. The zero-order chi connectivity index (χ0) is 15.3. The highest BCUT2D eigenvalue weighted by atomic mass is 32.2. The average Bonchev–Trinajstić information content (AvgIpc) is 2.33. The van der Waals surface area contributed by atoms with Gasteiger partial charge in [-0.05, 0) is 44.0 Å². The summed E-state index contributed by atoms with van der Waals surface area (Å²) in [6.45, 7) is 5.40. The van der Waals surface area contributed by atoms with Crippen molar-refractivity contribution in [2.45, 2.75) is 25.7 Å². The van der Waals surface area contributed by atoms with Crippen LogP contribution < -0.4 is 10.5 Å².